The fourth-order valence-corrected chi connectivity index (χ4v) is 5.82. The molecule has 2 saturated carbocycles. The van der Waals surface area contributed by atoms with Crippen LogP contribution in [0.2, 0.25) is 0 Å². The highest BCUT2D eigenvalue weighted by molar-refractivity contribution is 5.94. The Kier molecular flexibility index (Phi) is 6.25. The fraction of sp³-hybridized carbons (Fsp3) is 0.667. The van der Waals surface area contributed by atoms with Crippen LogP contribution in [-0.4, -0.2) is 50.2 Å². The van der Waals surface area contributed by atoms with E-state index in [-0.39, 0.29) is 34.8 Å². The van der Waals surface area contributed by atoms with Crippen LogP contribution >= 0.6 is 0 Å². The number of ether oxygens (including phenoxy) is 1. The highest BCUT2D eigenvalue weighted by atomic mass is 16.5. The summed E-state index contributed by atoms with van der Waals surface area (Å²) in [5, 5.41) is 0.331. The van der Waals surface area contributed by atoms with E-state index in [2.05, 4.69) is 11.9 Å². The third-order valence-corrected chi connectivity index (χ3v) is 7.52. The largest absolute Gasteiger partial charge is 0.378 e. The molecule has 2 unspecified atom stereocenters. The summed E-state index contributed by atoms with van der Waals surface area (Å²) in [6, 6.07) is 3.37. The van der Waals surface area contributed by atoms with E-state index in [0.717, 1.165) is 30.3 Å². The molecule has 8 nitrogen and oxygen atoms in total. The SMILES string of the molecule is CCCN(C(=O)c1ccc2c(=O)n(C)c(=O)n(C)c2n1)C1CC(OCC)C12CCCCC2. The zero-order valence-corrected chi connectivity index (χ0v) is 19.6. The molecule has 0 radical (unpaired) electrons. The van der Waals surface area contributed by atoms with E-state index < -0.39 is 11.2 Å². The quantitative estimate of drug-likeness (QED) is 0.686. The van der Waals surface area contributed by atoms with Crippen LogP contribution in [-0.2, 0) is 18.8 Å². The molecule has 2 fully saturated rings. The molecule has 0 aromatic carbocycles. The fourth-order valence-electron chi connectivity index (χ4n) is 5.82. The van der Waals surface area contributed by atoms with Crippen molar-refractivity contribution >= 4 is 16.9 Å². The van der Waals surface area contributed by atoms with Crippen LogP contribution in [0.25, 0.3) is 11.0 Å². The highest BCUT2D eigenvalue weighted by Gasteiger charge is 2.58. The van der Waals surface area contributed by atoms with Gasteiger partial charge in [-0.15, -0.1) is 0 Å². The molecule has 174 valence electrons. The smallest absolute Gasteiger partial charge is 0.332 e. The molecule has 0 N–H and O–H groups in total. The molecular weight excluding hydrogens is 408 g/mol. The van der Waals surface area contributed by atoms with Crippen LogP contribution < -0.4 is 11.2 Å². The van der Waals surface area contributed by atoms with Crippen molar-refractivity contribution in [3.8, 4) is 0 Å². The lowest BCUT2D eigenvalue weighted by atomic mass is 9.54. The predicted molar refractivity (Wildman–Crippen MR) is 123 cm³/mol. The van der Waals surface area contributed by atoms with Gasteiger partial charge in [-0.3, -0.25) is 18.7 Å². The number of carbonyl (C=O) groups excluding carboxylic acids is 1. The summed E-state index contributed by atoms with van der Waals surface area (Å²) in [4.78, 5) is 45.0. The Balaban J connectivity index is 1.72. The molecule has 2 aromatic rings. The Morgan fingerprint density at radius 2 is 1.88 bits per heavy atom. The summed E-state index contributed by atoms with van der Waals surface area (Å²) in [6.45, 7) is 5.45. The maximum Gasteiger partial charge on any atom is 0.332 e. The van der Waals surface area contributed by atoms with E-state index in [1.165, 1.54) is 30.9 Å². The van der Waals surface area contributed by atoms with Crippen LogP contribution in [0.5, 0.6) is 0 Å². The normalized spacial score (nSPS) is 22.1. The van der Waals surface area contributed by atoms with Gasteiger partial charge in [-0.2, -0.15) is 0 Å². The van der Waals surface area contributed by atoms with Crippen molar-refractivity contribution in [1.29, 1.82) is 0 Å². The summed E-state index contributed by atoms with van der Waals surface area (Å²) >= 11 is 0. The van der Waals surface area contributed by atoms with Gasteiger partial charge in [-0.05, 0) is 44.7 Å². The number of carbonyl (C=O) groups is 1. The molecule has 1 amide bonds. The summed E-state index contributed by atoms with van der Waals surface area (Å²) in [5.74, 6) is -0.133. The van der Waals surface area contributed by atoms with Crippen molar-refractivity contribution < 1.29 is 9.53 Å². The van der Waals surface area contributed by atoms with E-state index in [9.17, 15) is 14.4 Å². The number of hydrogen-bond acceptors (Lipinski definition) is 5. The lowest BCUT2D eigenvalue weighted by molar-refractivity contribution is -0.174. The topological polar surface area (TPSA) is 86.4 Å². The molecule has 2 aliphatic carbocycles. The van der Waals surface area contributed by atoms with Crippen molar-refractivity contribution in [3.05, 3.63) is 38.7 Å². The first-order valence-electron chi connectivity index (χ1n) is 11.8. The van der Waals surface area contributed by atoms with Gasteiger partial charge in [-0.1, -0.05) is 26.2 Å². The van der Waals surface area contributed by atoms with Crippen LogP contribution in [0, 0.1) is 5.41 Å². The minimum absolute atomic E-state index is 0.0265. The summed E-state index contributed by atoms with van der Waals surface area (Å²) in [5.41, 5.74) is -0.309. The molecule has 2 aromatic heterocycles. The molecule has 8 heteroatoms. The van der Waals surface area contributed by atoms with Crippen LogP contribution in [0.3, 0.4) is 0 Å². The first-order valence-corrected chi connectivity index (χ1v) is 11.8. The maximum atomic E-state index is 13.7. The molecule has 2 aliphatic rings. The van der Waals surface area contributed by atoms with Gasteiger partial charge in [0, 0.05) is 38.7 Å². The number of aryl methyl sites for hydroxylation is 1. The zero-order valence-electron chi connectivity index (χ0n) is 19.6. The molecule has 1 spiro atoms. The van der Waals surface area contributed by atoms with E-state index >= 15 is 0 Å². The Bertz CT molecular complexity index is 1130. The molecule has 0 saturated heterocycles. The Morgan fingerprint density at radius 3 is 2.53 bits per heavy atom. The number of pyridine rings is 1. The van der Waals surface area contributed by atoms with Crippen LogP contribution in [0.15, 0.2) is 21.7 Å². The lowest BCUT2D eigenvalue weighted by Gasteiger charge is -2.60. The first kappa shape index (κ1) is 22.7. The number of amides is 1. The van der Waals surface area contributed by atoms with Crippen LogP contribution in [0.4, 0.5) is 0 Å². The number of hydrogen-bond donors (Lipinski definition) is 0. The standard InChI is InChI=1S/C24H34N4O4/c1-5-14-28(18-15-19(32-6-2)24(18)12-8-7-9-13-24)22(30)17-11-10-16-20(25-17)26(3)23(31)27(4)21(16)29/h10-11,18-19H,5-9,12-15H2,1-4H3. The summed E-state index contributed by atoms with van der Waals surface area (Å²) < 4.78 is 8.48. The molecule has 0 bridgehead atoms. The van der Waals surface area contributed by atoms with Crippen molar-refractivity contribution in [2.75, 3.05) is 13.2 Å². The number of rotatable bonds is 6. The average Bonchev–Trinajstić information content (AvgIpc) is 2.82. The van der Waals surface area contributed by atoms with Gasteiger partial charge in [0.1, 0.15) is 11.3 Å². The molecule has 2 atom stereocenters. The third-order valence-electron chi connectivity index (χ3n) is 7.52. The molecule has 32 heavy (non-hydrogen) atoms. The molecular formula is C24H34N4O4. The second kappa shape index (κ2) is 8.81. The van der Waals surface area contributed by atoms with Crippen LogP contribution in [0.1, 0.15) is 69.3 Å². The average molecular weight is 443 g/mol. The predicted octanol–water partition coefficient (Wildman–Crippen LogP) is 2.61. The highest BCUT2D eigenvalue weighted by Crippen LogP contribution is 2.55. The van der Waals surface area contributed by atoms with E-state index in [4.69, 9.17) is 4.74 Å². The molecule has 0 aliphatic heterocycles. The second-order valence-corrected chi connectivity index (χ2v) is 9.26. The zero-order chi connectivity index (χ0) is 23.0. The summed E-state index contributed by atoms with van der Waals surface area (Å²) in [7, 11) is 3.02. The van der Waals surface area contributed by atoms with E-state index in [1.54, 1.807) is 19.2 Å². The maximum absolute atomic E-state index is 13.7. The van der Waals surface area contributed by atoms with Crippen molar-refractivity contribution in [2.45, 2.75) is 70.9 Å². The van der Waals surface area contributed by atoms with Crippen molar-refractivity contribution in [3.63, 3.8) is 0 Å². The van der Waals surface area contributed by atoms with Gasteiger partial charge in [-0.25, -0.2) is 9.78 Å². The Labute approximate surface area is 188 Å². The monoisotopic (exact) mass is 442 g/mol. The number of nitrogens with zero attached hydrogens (tertiary/aromatic N) is 4. The second-order valence-electron chi connectivity index (χ2n) is 9.26. The Hall–Kier alpha value is -2.48. The summed E-state index contributed by atoms with van der Waals surface area (Å²) in [6.07, 6.45) is 7.68. The first-order chi connectivity index (χ1) is 15.4. The number of fused-ring (bicyclic) bond motifs is 1. The molecule has 4 rings (SSSR count). The van der Waals surface area contributed by atoms with Gasteiger partial charge < -0.3 is 9.64 Å². The van der Waals surface area contributed by atoms with Crippen molar-refractivity contribution in [1.82, 2.24) is 19.0 Å². The minimum atomic E-state index is -0.454. The minimum Gasteiger partial charge on any atom is -0.378 e. The van der Waals surface area contributed by atoms with Gasteiger partial charge in [0.15, 0.2) is 0 Å². The van der Waals surface area contributed by atoms with Gasteiger partial charge in [0.05, 0.1) is 11.5 Å². The van der Waals surface area contributed by atoms with Crippen molar-refractivity contribution in [2.24, 2.45) is 19.5 Å². The third kappa shape index (κ3) is 3.49. The van der Waals surface area contributed by atoms with Gasteiger partial charge >= 0.3 is 5.69 Å². The Morgan fingerprint density at radius 1 is 1.16 bits per heavy atom. The van der Waals surface area contributed by atoms with Gasteiger partial charge in [0.2, 0.25) is 0 Å². The van der Waals surface area contributed by atoms with E-state index in [0.29, 0.717) is 18.5 Å². The molecule has 2 heterocycles. The number of aromatic nitrogens is 3. The van der Waals surface area contributed by atoms with Gasteiger partial charge in [0.25, 0.3) is 11.5 Å². The van der Waals surface area contributed by atoms with E-state index in [1.807, 2.05) is 11.8 Å². The lowest BCUT2D eigenvalue weighted by Crippen LogP contribution is -2.66.